The van der Waals surface area contributed by atoms with Crippen molar-refractivity contribution in [2.24, 2.45) is 5.92 Å². The van der Waals surface area contributed by atoms with Gasteiger partial charge < -0.3 is 23.9 Å². The van der Waals surface area contributed by atoms with Crippen molar-refractivity contribution in [1.29, 1.82) is 0 Å². The van der Waals surface area contributed by atoms with Crippen LogP contribution in [0.2, 0.25) is 0 Å². The van der Waals surface area contributed by atoms with Crippen LogP contribution in [0.25, 0.3) is 0 Å². The minimum absolute atomic E-state index is 0.0311. The second kappa shape index (κ2) is 10.2. The lowest BCUT2D eigenvalue weighted by Crippen LogP contribution is -2.48. The van der Waals surface area contributed by atoms with Gasteiger partial charge in [0.1, 0.15) is 11.4 Å². The number of benzene rings is 1. The molecule has 3 heterocycles. The van der Waals surface area contributed by atoms with Crippen molar-refractivity contribution in [3.8, 4) is 5.75 Å². The van der Waals surface area contributed by atoms with Crippen LogP contribution >= 0.6 is 0 Å². The number of hydrogen-bond donors (Lipinski definition) is 1. The number of methoxy groups -OCH3 is 1. The van der Waals surface area contributed by atoms with E-state index in [0.717, 1.165) is 35.4 Å². The van der Waals surface area contributed by atoms with Gasteiger partial charge in [-0.3, -0.25) is 9.59 Å². The van der Waals surface area contributed by atoms with Crippen LogP contribution in [0.3, 0.4) is 0 Å². The summed E-state index contributed by atoms with van der Waals surface area (Å²) in [6.45, 7) is 5.25. The van der Waals surface area contributed by atoms with Crippen molar-refractivity contribution in [2.75, 3.05) is 27.2 Å². The van der Waals surface area contributed by atoms with Gasteiger partial charge in [-0.2, -0.15) is 0 Å². The molecule has 0 spiro atoms. The summed E-state index contributed by atoms with van der Waals surface area (Å²) in [6.07, 6.45) is 3.88. The second-order valence-corrected chi connectivity index (χ2v) is 9.16. The number of aromatic amines is 1. The number of furan rings is 1. The smallest absolute Gasteiger partial charge is 0.289 e. The average Bonchev–Trinajstić information content (AvgIpc) is 3.51. The molecule has 1 fully saturated rings. The zero-order valence-corrected chi connectivity index (χ0v) is 20.3. The number of nitrogens with one attached hydrogen (secondary N) is 1. The van der Waals surface area contributed by atoms with Crippen molar-refractivity contribution in [3.05, 3.63) is 77.0 Å². The lowest BCUT2D eigenvalue weighted by atomic mass is 9.84. The summed E-state index contributed by atoms with van der Waals surface area (Å²) in [4.78, 5) is 33.1. The molecule has 2 amide bonds. The standard InChI is InChI=1S/C27H33N3O4/c1-18-15-19(2)28-25(18)27(32)30-12-10-21(11-13-30)23(17-20-7-5-8-22(16-20)33-4)29(3)26(31)24-9-6-14-34-24/h5-9,14-16,21,23,28H,10-13,17H2,1-4H3. The molecule has 180 valence electrons. The lowest BCUT2D eigenvalue weighted by Gasteiger charge is -2.40. The predicted molar refractivity (Wildman–Crippen MR) is 130 cm³/mol. The van der Waals surface area contributed by atoms with Gasteiger partial charge in [-0.15, -0.1) is 0 Å². The number of piperidine rings is 1. The van der Waals surface area contributed by atoms with Gasteiger partial charge in [-0.25, -0.2) is 0 Å². The van der Waals surface area contributed by atoms with Crippen LogP contribution in [-0.2, 0) is 6.42 Å². The number of carbonyl (C=O) groups is 2. The fraction of sp³-hybridized carbons (Fsp3) is 0.407. The number of rotatable bonds is 7. The number of aromatic nitrogens is 1. The Kier molecular flexibility index (Phi) is 7.10. The molecule has 0 aliphatic carbocycles. The molecular weight excluding hydrogens is 430 g/mol. The van der Waals surface area contributed by atoms with Crippen molar-refractivity contribution < 1.29 is 18.7 Å². The highest BCUT2D eigenvalue weighted by Gasteiger charge is 2.34. The Balaban J connectivity index is 1.51. The fourth-order valence-corrected chi connectivity index (χ4v) is 4.98. The SMILES string of the molecule is COc1cccc(CC(C2CCN(C(=O)c3[nH]c(C)cc3C)CC2)N(C)C(=O)c2ccco2)c1. The molecule has 1 aliphatic heterocycles. The summed E-state index contributed by atoms with van der Waals surface area (Å²) in [7, 11) is 3.50. The third-order valence-electron chi connectivity index (χ3n) is 6.86. The minimum atomic E-state index is -0.131. The van der Waals surface area contributed by atoms with Gasteiger partial charge in [0.15, 0.2) is 5.76 Å². The molecule has 1 saturated heterocycles. The molecule has 2 aromatic heterocycles. The first-order valence-corrected chi connectivity index (χ1v) is 11.8. The summed E-state index contributed by atoms with van der Waals surface area (Å²) < 4.78 is 10.8. The number of likely N-dealkylation sites (tertiary alicyclic amines) is 1. The van der Waals surface area contributed by atoms with Crippen molar-refractivity contribution in [2.45, 2.75) is 39.2 Å². The number of nitrogens with zero attached hydrogens (tertiary/aromatic N) is 2. The predicted octanol–water partition coefficient (Wildman–Crippen LogP) is 4.47. The Hall–Kier alpha value is -3.48. The highest BCUT2D eigenvalue weighted by atomic mass is 16.5. The second-order valence-electron chi connectivity index (χ2n) is 9.16. The number of likely N-dealkylation sites (N-methyl/N-ethyl adjacent to an activating group) is 1. The molecular formula is C27H33N3O4. The zero-order valence-electron chi connectivity index (χ0n) is 20.3. The molecule has 7 nitrogen and oxygen atoms in total. The summed E-state index contributed by atoms with van der Waals surface area (Å²) in [6, 6.07) is 13.4. The number of hydrogen-bond acceptors (Lipinski definition) is 4. The van der Waals surface area contributed by atoms with Crippen LogP contribution in [0, 0.1) is 19.8 Å². The molecule has 4 rings (SSSR count). The van der Waals surface area contributed by atoms with Gasteiger partial charge in [0, 0.05) is 31.9 Å². The van der Waals surface area contributed by atoms with Gasteiger partial charge in [-0.1, -0.05) is 12.1 Å². The zero-order chi connectivity index (χ0) is 24.2. The Morgan fingerprint density at radius 1 is 1.18 bits per heavy atom. The molecule has 1 unspecified atom stereocenters. The highest BCUT2D eigenvalue weighted by molar-refractivity contribution is 5.94. The molecule has 0 saturated carbocycles. The number of aryl methyl sites for hydroxylation is 2. The molecule has 34 heavy (non-hydrogen) atoms. The Morgan fingerprint density at radius 3 is 2.56 bits per heavy atom. The maximum Gasteiger partial charge on any atom is 0.289 e. The van der Waals surface area contributed by atoms with Crippen LogP contribution in [0.1, 0.15) is 50.7 Å². The van der Waals surface area contributed by atoms with Crippen LogP contribution < -0.4 is 4.74 Å². The Morgan fingerprint density at radius 2 is 1.94 bits per heavy atom. The number of carbonyl (C=O) groups excluding carboxylic acids is 2. The average molecular weight is 464 g/mol. The summed E-state index contributed by atoms with van der Waals surface area (Å²) >= 11 is 0. The van der Waals surface area contributed by atoms with Crippen LogP contribution in [0.15, 0.2) is 53.1 Å². The first-order valence-electron chi connectivity index (χ1n) is 11.8. The molecule has 1 atom stereocenters. The molecule has 3 aromatic rings. The summed E-state index contributed by atoms with van der Waals surface area (Å²) in [5.41, 5.74) is 3.75. The Labute approximate surface area is 200 Å². The molecule has 0 bridgehead atoms. The van der Waals surface area contributed by atoms with Crippen LogP contribution in [-0.4, -0.2) is 59.9 Å². The molecule has 1 N–H and O–H groups in total. The van der Waals surface area contributed by atoms with Gasteiger partial charge in [0.05, 0.1) is 13.4 Å². The Bertz CT molecular complexity index is 1130. The summed E-state index contributed by atoms with van der Waals surface area (Å²) in [5.74, 6) is 1.31. The topological polar surface area (TPSA) is 78.8 Å². The van der Waals surface area contributed by atoms with E-state index in [2.05, 4.69) is 11.1 Å². The number of H-pyrrole nitrogens is 1. The third kappa shape index (κ3) is 5.03. The van der Waals surface area contributed by atoms with Crippen molar-refractivity contribution >= 4 is 11.8 Å². The molecule has 1 aromatic carbocycles. The molecule has 7 heteroatoms. The minimum Gasteiger partial charge on any atom is -0.497 e. The maximum absolute atomic E-state index is 13.1. The van der Waals surface area contributed by atoms with Gasteiger partial charge in [0.2, 0.25) is 0 Å². The van der Waals surface area contributed by atoms with E-state index in [9.17, 15) is 9.59 Å². The lowest BCUT2D eigenvalue weighted by molar-refractivity contribution is 0.0502. The quantitative estimate of drug-likeness (QED) is 0.561. The van der Waals surface area contributed by atoms with E-state index in [0.29, 0.717) is 31.0 Å². The van der Waals surface area contributed by atoms with Crippen LogP contribution in [0.5, 0.6) is 5.75 Å². The van der Waals surface area contributed by atoms with E-state index < -0.39 is 0 Å². The van der Waals surface area contributed by atoms with E-state index in [1.807, 2.05) is 50.1 Å². The van der Waals surface area contributed by atoms with E-state index >= 15 is 0 Å². The van der Waals surface area contributed by atoms with E-state index in [1.54, 1.807) is 24.1 Å². The van der Waals surface area contributed by atoms with Crippen molar-refractivity contribution in [1.82, 2.24) is 14.8 Å². The number of amides is 2. The van der Waals surface area contributed by atoms with Gasteiger partial charge in [-0.05, 0) is 80.5 Å². The van der Waals surface area contributed by atoms with Crippen molar-refractivity contribution in [3.63, 3.8) is 0 Å². The largest absolute Gasteiger partial charge is 0.497 e. The first-order chi connectivity index (χ1) is 16.4. The molecule has 0 radical (unpaired) electrons. The monoisotopic (exact) mass is 463 g/mol. The normalized spacial score (nSPS) is 15.2. The van der Waals surface area contributed by atoms with E-state index in [-0.39, 0.29) is 23.8 Å². The maximum atomic E-state index is 13.1. The third-order valence-corrected chi connectivity index (χ3v) is 6.86. The van der Waals surface area contributed by atoms with E-state index in [4.69, 9.17) is 9.15 Å². The highest BCUT2D eigenvalue weighted by Crippen LogP contribution is 2.29. The first kappa shape index (κ1) is 23.7. The summed E-state index contributed by atoms with van der Waals surface area (Å²) in [5, 5.41) is 0. The van der Waals surface area contributed by atoms with Gasteiger partial charge >= 0.3 is 0 Å². The fourth-order valence-electron chi connectivity index (χ4n) is 4.98. The van der Waals surface area contributed by atoms with Crippen LogP contribution in [0.4, 0.5) is 0 Å². The van der Waals surface area contributed by atoms with E-state index in [1.165, 1.54) is 6.26 Å². The number of ether oxygens (including phenoxy) is 1. The van der Waals surface area contributed by atoms with Gasteiger partial charge in [0.25, 0.3) is 11.8 Å². The molecule has 1 aliphatic rings.